The highest BCUT2D eigenvalue weighted by Gasteiger charge is 2.03. The zero-order valence-corrected chi connectivity index (χ0v) is 7.47. The zero-order valence-electron chi connectivity index (χ0n) is 6.57. The number of carbonyl (C=O) groups excluding carboxylic acids is 1. The van der Waals surface area contributed by atoms with Crippen LogP contribution in [0.1, 0.15) is 13.8 Å². The Kier molecular flexibility index (Phi) is 6.03. The van der Waals surface area contributed by atoms with Gasteiger partial charge in [-0.05, 0) is 13.8 Å². The second-order valence-electron chi connectivity index (χ2n) is 1.58. The first-order valence-electron chi connectivity index (χ1n) is 3.31. The lowest BCUT2D eigenvalue weighted by Gasteiger charge is -1.95. The molecule has 11 heavy (non-hydrogen) atoms. The lowest BCUT2D eigenvalue weighted by molar-refractivity contribution is -0.171. The van der Waals surface area contributed by atoms with Crippen molar-refractivity contribution in [3.8, 4) is 0 Å². The van der Waals surface area contributed by atoms with Gasteiger partial charge in [0.15, 0.2) is 0 Å². The lowest BCUT2D eigenvalue weighted by Crippen LogP contribution is -2.07. The molecule has 1 atom stereocenters. The van der Waals surface area contributed by atoms with E-state index in [9.17, 15) is 9.69 Å². The van der Waals surface area contributed by atoms with Crippen LogP contribution in [0.2, 0.25) is 0 Å². The Morgan fingerprint density at radius 2 is 2.18 bits per heavy atom. The SMILES string of the molecule is CCOC(=O)C=[P+]([O-])OCC. The topological polar surface area (TPSA) is 58.6 Å². The number of hydrogen-bond acceptors (Lipinski definition) is 4. The highest BCUT2D eigenvalue weighted by atomic mass is 31.1. The largest absolute Gasteiger partial charge is 0.603 e. The van der Waals surface area contributed by atoms with E-state index < -0.39 is 14.0 Å². The van der Waals surface area contributed by atoms with Crippen LogP contribution in [0, 0.1) is 0 Å². The quantitative estimate of drug-likeness (QED) is 0.451. The molecule has 1 unspecified atom stereocenters. The molecule has 0 aromatic carbocycles. The van der Waals surface area contributed by atoms with Gasteiger partial charge in [0.25, 0.3) is 0 Å². The lowest BCUT2D eigenvalue weighted by atomic mass is 10.8. The second kappa shape index (κ2) is 6.28. The van der Waals surface area contributed by atoms with Crippen molar-refractivity contribution >= 4 is 19.8 Å². The molecule has 4 nitrogen and oxygen atoms in total. The molecule has 64 valence electrons. The fraction of sp³-hybridized carbons (Fsp3) is 0.667. The van der Waals surface area contributed by atoms with Crippen molar-refractivity contribution in [1.29, 1.82) is 0 Å². The second-order valence-corrected chi connectivity index (χ2v) is 2.67. The standard InChI is InChI=1S/C6H11O4P/c1-3-9-6(7)5-11(8)10-4-2/h5H,3-4H2,1-2H3. The van der Waals surface area contributed by atoms with Crippen molar-refractivity contribution in [2.24, 2.45) is 0 Å². The first kappa shape index (κ1) is 10.6. The molecule has 0 spiro atoms. The predicted molar refractivity (Wildman–Crippen MR) is 41.2 cm³/mol. The maximum absolute atomic E-state index is 10.7. The van der Waals surface area contributed by atoms with E-state index in [1.165, 1.54) is 0 Å². The Hall–Kier alpha value is -0.440. The molecule has 0 rings (SSSR count). The Morgan fingerprint density at radius 3 is 2.64 bits per heavy atom. The number of esters is 1. The van der Waals surface area contributed by atoms with Crippen LogP contribution in [0.3, 0.4) is 0 Å². The van der Waals surface area contributed by atoms with Gasteiger partial charge in [0.2, 0.25) is 13.8 Å². The molecule has 0 saturated carbocycles. The van der Waals surface area contributed by atoms with Crippen LogP contribution < -0.4 is 4.89 Å². The summed E-state index contributed by atoms with van der Waals surface area (Å²) in [6.45, 7) is 3.99. The molecule has 0 heterocycles. The average molecular weight is 178 g/mol. The summed E-state index contributed by atoms with van der Waals surface area (Å²) in [6.07, 6.45) is 0. The maximum Gasteiger partial charge on any atom is 0.376 e. The van der Waals surface area contributed by atoms with Crippen molar-refractivity contribution in [2.75, 3.05) is 13.2 Å². The highest BCUT2D eigenvalue weighted by Crippen LogP contribution is 2.09. The van der Waals surface area contributed by atoms with Gasteiger partial charge in [-0.2, -0.15) is 4.52 Å². The van der Waals surface area contributed by atoms with Gasteiger partial charge in [0, 0.05) is 0 Å². The molecule has 0 N–H and O–H groups in total. The van der Waals surface area contributed by atoms with Gasteiger partial charge in [-0.25, -0.2) is 4.79 Å². The fourth-order valence-electron chi connectivity index (χ4n) is 0.430. The van der Waals surface area contributed by atoms with Crippen molar-refractivity contribution in [2.45, 2.75) is 13.8 Å². The molecule has 0 radical (unpaired) electrons. The van der Waals surface area contributed by atoms with E-state index in [2.05, 4.69) is 9.26 Å². The van der Waals surface area contributed by atoms with E-state index in [1.807, 2.05) is 0 Å². The normalized spacial score (nSPS) is 11.4. The summed E-state index contributed by atoms with van der Waals surface area (Å²) < 4.78 is 9.11. The third-order valence-corrected chi connectivity index (χ3v) is 1.69. The Bertz CT molecular complexity index is 155. The molecule has 0 aromatic rings. The van der Waals surface area contributed by atoms with Crippen molar-refractivity contribution in [3.05, 3.63) is 0 Å². The van der Waals surface area contributed by atoms with Crippen LogP contribution >= 0.6 is 8.00 Å². The molecule has 0 amide bonds. The van der Waals surface area contributed by atoms with E-state index in [4.69, 9.17) is 0 Å². The van der Waals surface area contributed by atoms with Crippen LogP contribution in [-0.2, 0) is 14.1 Å². The van der Waals surface area contributed by atoms with Crippen LogP contribution in [0.15, 0.2) is 0 Å². The summed E-state index contributed by atoms with van der Waals surface area (Å²) in [4.78, 5) is 21.3. The van der Waals surface area contributed by atoms with E-state index in [-0.39, 0.29) is 6.61 Å². The third kappa shape index (κ3) is 5.98. The first-order chi connectivity index (χ1) is 5.20. The summed E-state index contributed by atoms with van der Waals surface area (Å²) in [5.41, 5.74) is 0. The Morgan fingerprint density at radius 1 is 1.55 bits per heavy atom. The van der Waals surface area contributed by atoms with Gasteiger partial charge >= 0.3 is 5.97 Å². The summed E-state index contributed by atoms with van der Waals surface area (Å²) in [5, 5.41) is 0. The smallest absolute Gasteiger partial charge is 0.376 e. The van der Waals surface area contributed by atoms with Gasteiger partial charge in [-0.3, -0.25) is 0 Å². The van der Waals surface area contributed by atoms with E-state index in [0.29, 0.717) is 6.61 Å². The zero-order chi connectivity index (χ0) is 8.69. The summed E-state index contributed by atoms with van der Waals surface area (Å²) in [5.74, 6) is 0.338. The number of ether oxygens (including phenoxy) is 1. The number of rotatable bonds is 4. The van der Waals surface area contributed by atoms with Gasteiger partial charge in [-0.15, -0.1) is 0 Å². The Labute approximate surface area is 66.7 Å². The molecular formula is C6H11O4P. The summed E-state index contributed by atoms with van der Waals surface area (Å²) in [7, 11) is -1.98. The van der Waals surface area contributed by atoms with Crippen molar-refractivity contribution in [3.63, 3.8) is 0 Å². The fourth-order valence-corrected chi connectivity index (χ4v) is 1.01. The molecule has 0 saturated heterocycles. The van der Waals surface area contributed by atoms with Gasteiger partial charge in [0.1, 0.15) is 0 Å². The van der Waals surface area contributed by atoms with E-state index in [1.54, 1.807) is 13.8 Å². The molecule has 0 aliphatic carbocycles. The molecule has 0 bridgehead atoms. The third-order valence-electron chi connectivity index (χ3n) is 0.754. The van der Waals surface area contributed by atoms with Crippen molar-refractivity contribution in [1.82, 2.24) is 0 Å². The summed E-state index contributed by atoms with van der Waals surface area (Å²) >= 11 is 0. The van der Waals surface area contributed by atoms with Crippen LogP contribution in [0.25, 0.3) is 0 Å². The first-order valence-corrected chi connectivity index (χ1v) is 4.56. The van der Waals surface area contributed by atoms with Gasteiger partial charge in [-0.1, -0.05) is 0 Å². The number of hydrogen-bond donors (Lipinski definition) is 0. The molecule has 0 aromatic heterocycles. The minimum absolute atomic E-state index is 0.282. The van der Waals surface area contributed by atoms with Crippen molar-refractivity contribution < 1.29 is 18.9 Å². The molecule has 0 aliphatic rings. The average Bonchev–Trinajstić information content (AvgIpc) is 1.87. The van der Waals surface area contributed by atoms with Crippen LogP contribution in [-0.4, -0.2) is 25.0 Å². The van der Waals surface area contributed by atoms with Gasteiger partial charge in [0.05, 0.1) is 13.2 Å². The van der Waals surface area contributed by atoms with Crippen LogP contribution in [0.4, 0.5) is 0 Å². The minimum Gasteiger partial charge on any atom is -0.603 e. The summed E-state index contributed by atoms with van der Waals surface area (Å²) in [6, 6.07) is 0. The minimum atomic E-state index is -1.98. The van der Waals surface area contributed by atoms with E-state index >= 15 is 0 Å². The Balaban J connectivity index is 3.76. The monoisotopic (exact) mass is 178 g/mol. The number of carbonyl (C=O) groups is 1. The van der Waals surface area contributed by atoms with Crippen LogP contribution in [0.5, 0.6) is 0 Å². The molecule has 0 fully saturated rings. The van der Waals surface area contributed by atoms with E-state index in [0.717, 1.165) is 5.80 Å². The maximum atomic E-state index is 10.7. The van der Waals surface area contributed by atoms with Gasteiger partial charge < -0.3 is 9.63 Å². The predicted octanol–water partition coefficient (Wildman–Crippen LogP) is 0.0604. The highest BCUT2D eigenvalue weighted by molar-refractivity contribution is 7.47. The molecular weight excluding hydrogens is 167 g/mol. The molecule has 0 aliphatic heterocycles. The molecule has 5 heteroatoms.